The summed E-state index contributed by atoms with van der Waals surface area (Å²) in [4.78, 5) is 14.7. The van der Waals surface area contributed by atoms with Crippen LogP contribution in [0.3, 0.4) is 0 Å². The van der Waals surface area contributed by atoms with Gasteiger partial charge < -0.3 is 173 Å². The summed E-state index contributed by atoms with van der Waals surface area (Å²) in [5.74, 6) is -1.33. The Labute approximate surface area is 608 Å². The van der Waals surface area contributed by atoms with E-state index in [4.69, 9.17) is 75.2 Å². The fourth-order valence-corrected chi connectivity index (χ4v) is 15.8. The fraction of sp³-hybridized carbons (Fsp3) is 0.730. The molecule has 0 aliphatic carbocycles. The van der Waals surface area contributed by atoms with Crippen molar-refractivity contribution in [2.75, 3.05) is 71.8 Å². The van der Waals surface area contributed by atoms with Crippen LogP contribution in [-0.2, 0) is 100 Å². The van der Waals surface area contributed by atoms with Crippen LogP contribution >= 0.6 is 0 Å². The second-order valence-electron chi connectivity index (χ2n) is 26.9. The van der Waals surface area contributed by atoms with Crippen LogP contribution in [0.2, 0.25) is 0 Å². The molecule has 35 atom stereocenters. The normalized spacial score (nSPS) is 43.4. The fourth-order valence-electron chi connectivity index (χ4n) is 13.7. The molecule has 14 bridgehead atoms. The van der Waals surface area contributed by atoms with Gasteiger partial charge in [0, 0.05) is 30.6 Å². The summed E-state index contributed by atoms with van der Waals surface area (Å²) in [6.07, 6.45) is -76.4. The first-order chi connectivity index (χ1) is 50.8. The lowest BCUT2D eigenvalue weighted by molar-refractivity contribution is -0.396. The largest absolute Gasteiger partial charge is 0.462 e. The predicted octanol–water partition coefficient (Wildman–Crippen LogP) is -11.8. The van der Waals surface area contributed by atoms with Gasteiger partial charge >= 0.3 is 5.97 Å². The number of esters is 1. The number of sulfonamides is 1. The molecule has 44 heteroatoms. The van der Waals surface area contributed by atoms with Gasteiger partial charge in [-0.3, -0.25) is 8.98 Å². The van der Waals surface area contributed by atoms with E-state index in [1.165, 1.54) is 42.5 Å². The monoisotopic (exact) mass is 1580 g/mol. The lowest BCUT2D eigenvalue weighted by Gasteiger charge is -2.50. The first kappa shape index (κ1) is 83.6. The van der Waals surface area contributed by atoms with Crippen LogP contribution in [0, 0.1) is 6.92 Å². The zero-order chi connectivity index (χ0) is 77.6. The van der Waals surface area contributed by atoms with E-state index in [1.807, 2.05) is 0 Å². The molecule has 0 spiro atoms. The van der Waals surface area contributed by atoms with Gasteiger partial charge in [0.25, 0.3) is 10.1 Å². The van der Waals surface area contributed by atoms with Crippen molar-refractivity contribution < 1.29 is 194 Å². The standard InChI is InChI=1S/C63H90N2O40S2/c1-22-10-12-23(13-11-22)107(88,89)91-21-33-56-42(78)49(85)63(98-33)103-54-31(19-70)94-59(45(81)38(54)74)99-50-27(15-66)92-57(43(79)36(50)72)100-51-28(16-67)95-60(46(82)39(51)75)104-55-32(20-90-35(71)14-64-106(86,87)34-9-5-6-24-25(34)7-4-8-26(24)65(2)3)97-62(48(84)41(55)77)102-53-30(18-69)93-58(44(80)37(53)73)101-52-29(17-68)96-61(105-56)47(83)40(52)76/h4-13,27-33,36-64,66-70,72-85H,14-21H2,1-3H3/t27-,28-,29-,30-,31-,32-,33-,36-,37-,38-,39-,40-,41-,42-,43-,44-,45-,46-,47-,48-,49-,50-,51-,52-,53-,54-,55-,56-,57-,58-,59-,60-,61-,62-,63-/m1/s1. The number of aryl methyl sites for hydroxylation is 1. The van der Waals surface area contributed by atoms with E-state index in [2.05, 4.69) is 4.72 Å². The van der Waals surface area contributed by atoms with E-state index in [-0.39, 0.29) is 10.3 Å². The Morgan fingerprint density at radius 1 is 0.383 bits per heavy atom. The maximum Gasteiger partial charge on any atom is 0.321 e. The molecule has 0 saturated carbocycles. The van der Waals surface area contributed by atoms with Crippen molar-refractivity contribution in [3.8, 4) is 0 Å². The van der Waals surface area contributed by atoms with Gasteiger partial charge in [0.15, 0.2) is 44.0 Å². The first-order valence-corrected chi connectivity index (χ1v) is 36.7. The van der Waals surface area contributed by atoms with E-state index in [0.717, 1.165) is 0 Å². The van der Waals surface area contributed by atoms with Gasteiger partial charge in [0.2, 0.25) is 10.0 Å². The van der Waals surface area contributed by atoms with Crippen molar-refractivity contribution in [2.45, 2.75) is 232 Å². The lowest BCUT2D eigenvalue weighted by atomic mass is 9.95. The molecule has 0 amide bonds. The molecule has 0 unspecified atom stereocenters. The molecule has 3 aromatic carbocycles. The number of anilines is 1. The summed E-state index contributed by atoms with van der Waals surface area (Å²) < 4.78 is 150. The predicted molar refractivity (Wildman–Crippen MR) is 343 cm³/mol. The number of hydrogen-bond donors (Lipinski definition) is 20. The van der Waals surface area contributed by atoms with Gasteiger partial charge in [-0.2, -0.15) is 13.1 Å². The maximum atomic E-state index is 13.8. The summed E-state index contributed by atoms with van der Waals surface area (Å²) in [7, 11) is -5.81. The molecule has 21 saturated heterocycles. The number of aliphatic hydroxyl groups is 19. The number of fused-ring (bicyclic) bond motifs is 1. The van der Waals surface area contributed by atoms with Crippen LogP contribution in [-0.4, -0.2) is 402 Å². The number of ether oxygens (including phenoxy) is 15. The van der Waals surface area contributed by atoms with E-state index >= 15 is 0 Å². The molecule has 0 aromatic heterocycles. The summed E-state index contributed by atoms with van der Waals surface area (Å²) in [5.41, 5.74) is 1.30. The molecule has 42 nitrogen and oxygen atoms in total. The minimum atomic E-state index is -4.76. The van der Waals surface area contributed by atoms with Gasteiger partial charge in [0.05, 0.1) is 49.4 Å². The number of benzene rings is 3. The molecule has 3 aromatic rings. The van der Waals surface area contributed by atoms with Gasteiger partial charge in [-0.05, 0) is 31.2 Å². The summed E-state index contributed by atoms with van der Waals surface area (Å²) in [6.45, 7) is -7.49. The molecule has 21 heterocycles. The van der Waals surface area contributed by atoms with Crippen molar-refractivity contribution in [1.29, 1.82) is 0 Å². The summed E-state index contributed by atoms with van der Waals surface area (Å²) in [6, 6.07) is 14.6. The van der Waals surface area contributed by atoms with Crippen LogP contribution in [0.25, 0.3) is 10.8 Å². The Morgan fingerprint density at radius 3 is 0.991 bits per heavy atom. The van der Waals surface area contributed by atoms with Gasteiger partial charge in [-0.1, -0.05) is 42.0 Å². The second kappa shape index (κ2) is 35.0. The lowest BCUT2D eigenvalue weighted by Crippen LogP contribution is -2.68. The average molecular weight is 1580 g/mol. The highest BCUT2D eigenvalue weighted by atomic mass is 32.2. The Morgan fingerprint density at radius 2 is 0.673 bits per heavy atom. The second-order valence-corrected chi connectivity index (χ2v) is 30.2. The van der Waals surface area contributed by atoms with Crippen LogP contribution in [0.4, 0.5) is 5.69 Å². The zero-order valence-corrected chi connectivity index (χ0v) is 58.6. The number of rotatable bonds is 16. The molecule has 0 radical (unpaired) electrons. The van der Waals surface area contributed by atoms with Crippen LogP contribution < -0.4 is 9.62 Å². The van der Waals surface area contributed by atoms with Crippen LogP contribution in [0.1, 0.15) is 5.56 Å². The van der Waals surface area contributed by atoms with E-state index in [9.17, 15) is 119 Å². The summed E-state index contributed by atoms with van der Waals surface area (Å²) >= 11 is 0. The number of hydrogen-bond acceptors (Lipinski definition) is 41. The smallest absolute Gasteiger partial charge is 0.321 e. The molecule has 24 rings (SSSR count). The van der Waals surface area contributed by atoms with Gasteiger partial charge in [0.1, 0.15) is 184 Å². The zero-order valence-electron chi connectivity index (χ0n) is 57.0. The third-order valence-electron chi connectivity index (χ3n) is 19.6. The molecular formula is C63H90N2O40S2. The van der Waals surface area contributed by atoms with Crippen molar-refractivity contribution in [3.63, 3.8) is 0 Å². The van der Waals surface area contributed by atoms with Crippen LogP contribution in [0.15, 0.2) is 70.5 Å². The SMILES string of the molecule is Cc1ccc(S(=O)(=O)OC[C@H]2O[C@@H]3O[C@H]4[C@H](O)[C@@H](O)[C@@H](O[C@H]5[C@H](O)[C@@H](O)[C@@H](O[C@H]6[C@H](O)[C@@H](O)[C@@H](O[C@H]7[C@H](O)[C@@H](O)[C@@H](O[C@H]8[C@H](O)[C@@H](O)[C@@H](O[C@H]9[C@H](O)[C@@H](O)[C@@H](O[C@H]2[C@H](O)[C@H]3O)O[C@@H]9CO)O[C@@H]8CO)O[C@@H]7COC(=O)CNS(=O)(=O)c2cccc3c(N(C)C)cccc23)O[C@@H]6CO)O[C@@H]5CO)O[C@@H]4CO)cc1. The Hall–Kier alpha value is -4.31. The topological polar surface area (TPSA) is 633 Å². The number of carbonyl (C=O) groups is 1. The van der Waals surface area contributed by atoms with Crippen molar-refractivity contribution in [1.82, 2.24) is 4.72 Å². The van der Waals surface area contributed by atoms with E-state index in [0.29, 0.717) is 16.6 Å². The highest BCUT2D eigenvalue weighted by Gasteiger charge is 2.60. The highest BCUT2D eigenvalue weighted by Crippen LogP contribution is 2.40. The average Bonchev–Trinajstić information content (AvgIpc) is 0.819. The molecular weight excluding hydrogens is 1490 g/mol. The molecule has 21 fully saturated rings. The first-order valence-electron chi connectivity index (χ1n) is 33.8. The Kier molecular flexibility index (Phi) is 27.3. The third-order valence-corrected chi connectivity index (χ3v) is 22.3. The minimum Gasteiger partial charge on any atom is -0.462 e. The van der Waals surface area contributed by atoms with Crippen molar-refractivity contribution in [2.24, 2.45) is 0 Å². The molecule has 20 N–H and O–H groups in total. The number of aliphatic hydroxyl groups excluding tert-OH is 19. The third kappa shape index (κ3) is 17.4. The summed E-state index contributed by atoms with van der Waals surface area (Å²) in [5, 5.41) is 218. The molecule has 21 aliphatic rings. The quantitative estimate of drug-likeness (QED) is 0.0468. The molecule has 604 valence electrons. The van der Waals surface area contributed by atoms with Crippen molar-refractivity contribution >= 4 is 42.6 Å². The van der Waals surface area contributed by atoms with E-state index in [1.54, 1.807) is 44.1 Å². The minimum absolute atomic E-state index is 0.237. The highest BCUT2D eigenvalue weighted by molar-refractivity contribution is 7.89. The molecule has 21 aliphatic heterocycles. The number of nitrogens with zero attached hydrogens (tertiary/aromatic N) is 1. The Bertz CT molecular complexity index is 3650. The van der Waals surface area contributed by atoms with Crippen LogP contribution in [0.5, 0.6) is 0 Å². The molecule has 107 heavy (non-hydrogen) atoms. The number of nitrogens with one attached hydrogen (secondary N) is 1. The van der Waals surface area contributed by atoms with Crippen molar-refractivity contribution in [3.05, 3.63) is 66.2 Å². The number of carbonyl (C=O) groups excluding carboxylic acids is 1. The Balaban J connectivity index is 0.891. The maximum absolute atomic E-state index is 13.8. The van der Waals surface area contributed by atoms with E-state index < -0.39 is 299 Å². The van der Waals surface area contributed by atoms with Gasteiger partial charge in [-0.15, -0.1) is 0 Å². The van der Waals surface area contributed by atoms with Gasteiger partial charge in [-0.25, -0.2) is 8.42 Å².